The molecule has 0 unspecified atom stereocenters. The summed E-state index contributed by atoms with van der Waals surface area (Å²) in [6.07, 6.45) is 0.0846. The zero-order valence-electron chi connectivity index (χ0n) is 11.1. The second kappa shape index (κ2) is 5.42. The summed E-state index contributed by atoms with van der Waals surface area (Å²) in [7, 11) is 0. The van der Waals surface area contributed by atoms with E-state index in [1.807, 2.05) is 6.92 Å². The zero-order valence-corrected chi connectivity index (χ0v) is 11.9. The minimum Gasteiger partial charge on any atom is -0.479 e. The van der Waals surface area contributed by atoms with Crippen LogP contribution in [0.1, 0.15) is 28.8 Å². The second-order valence-corrected chi connectivity index (χ2v) is 5.50. The van der Waals surface area contributed by atoms with Gasteiger partial charge in [-0.25, -0.2) is 4.79 Å². The molecule has 2 rings (SSSR count). The Kier molecular flexibility index (Phi) is 4.01. The minimum atomic E-state index is -1.72. The molecule has 1 saturated heterocycles. The van der Waals surface area contributed by atoms with Gasteiger partial charge in [0.2, 0.25) is 0 Å². The van der Waals surface area contributed by atoms with E-state index in [9.17, 15) is 14.7 Å². The van der Waals surface area contributed by atoms with E-state index in [4.69, 9.17) is 16.7 Å². The number of nitrogens with zero attached hydrogens (tertiary/aromatic N) is 1. The first-order valence-electron chi connectivity index (χ1n) is 6.35. The first-order valence-corrected chi connectivity index (χ1v) is 6.72. The minimum absolute atomic E-state index is 0.0423. The molecule has 0 atom stereocenters. The van der Waals surface area contributed by atoms with Gasteiger partial charge < -0.3 is 15.1 Å². The third-order valence-corrected chi connectivity index (χ3v) is 4.10. The van der Waals surface area contributed by atoms with E-state index in [0.29, 0.717) is 10.6 Å². The Balaban J connectivity index is 2.08. The average molecular weight is 298 g/mol. The molecule has 1 fully saturated rings. The van der Waals surface area contributed by atoms with Crippen LogP contribution in [-0.4, -0.2) is 45.7 Å². The number of aliphatic carboxylic acids is 1. The van der Waals surface area contributed by atoms with Crippen LogP contribution in [0.4, 0.5) is 0 Å². The number of benzene rings is 1. The second-order valence-electron chi connectivity index (χ2n) is 5.09. The molecule has 6 heteroatoms. The maximum absolute atomic E-state index is 12.3. The fraction of sp³-hybridized carbons (Fsp3) is 0.429. The molecule has 1 amide bonds. The molecule has 0 aliphatic carbocycles. The van der Waals surface area contributed by atoms with E-state index in [-0.39, 0.29) is 31.8 Å². The summed E-state index contributed by atoms with van der Waals surface area (Å²) in [5, 5.41) is 19.4. The van der Waals surface area contributed by atoms with Gasteiger partial charge in [-0.05, 0) is 30.7 Å². The number of carboxylic acid groups (broad SMARTS) is 1. The Bertz CT molecular complexity index is 550. The molecule has 1 aromatic carbocycles. The SMILES string of the molecule is Cc1cc(C(=O)N2CCC(O)(C(=O)O)CC2)ccc1Cl. The van der Waals surface area contributed by atoms with E-state index >= 15 is 0 Å². The van der Waals surface area contributed by atoms with Crippen molar-refractivity contribution < 1.29 is 19.8 Å². The lowest BCUT2D eigenvalue weighted by molar-refractivity contribution is -0.162. The third-order valence-electron chi connectivity index (χ3n) is 3.68. The highest BCUT2D eigenvalue weighted by atomic mass is 35.5. The van der Waals surface area contributed by atoms with Crippen LogP contribution in [0.25, 0.3) is 0 Å². The Morgan fingerprint density at radius 3 is 2.40 bits per heavy atom. The fourth-order valence-electron chi connectivity index (χ4n) is 2.25. The highest BCUT2D eigenvalue weighted by Gasteiger charge is 2.40. The standard InChI is InChI=1S/C14H16ClNO4/c1-9-8-10(2-3-11(9)15)12(17)16-6-4-14(20,5-7-16)13(18)19/h2-3,8,20H,4-7H2,1H3,(H,18,19). The fourth-order valence-corrected chi connectivity index (χ4v) is 2.37. The van der Waals surface area contributed by atoms with Crippen molar-refractivity contribution in [3.05, 3.63) is 34.3 Å². The number of aliphatic hydroxyl groups is 1. The summed E-state index contributed by atoms with van der Waals surface area (Å²) < 4.78 is 0. The van der Waals surface area contributed by atoms with E-state index < -0.39 is 11.6 Å². The van der Waals surface area contributed by atoms with Gasteiger partial charge >= 0.3 is 5.97 Å². The molecular weight excluding hydrogens is 282 g/mol. The van der Waals surface area contributed by atoms with Gasteiger partial charge in [0.15, 0.2) is 5.60 Å². The molecule has 1 aliphatic rings. The van der Waals surface area contributed by atoms with Gasteiger partial charge in [-0.15, -0.1) is 0 Å². The first kappa shape index (κ1) is 14.8. The number of carbonyl (C=O) groups excluding carboxylic acids is 1. The lowest BCUT2D eigenvalue weighted by Gasteiger charge is -2.35. The van der Waals surface area contributed by atoms with Crippen molar-refractivity contribution in [2.75, 3.05) is 13.1 Å². The normalized spacial score (nSPS) is 17.9. The van der Waals surface area contributed by atoms with Gasteiger partial charge in [-0.3, -0.25) is 4.79 Å². The first-order chi connectivity index (χ1) is 9.33. The van der Waals surface area contributed by atoms with Crippen molar-refractivity contribution in [2.45, 2.75) is 25.4 Å². The highest BCUT2D eigenvalue weighted by molar-refractivity contribution is 6.31. The van der Waals surface area contributed by atoms with Gasteiger partial charge in [0.25, 0.3) is 5.91 Å². The Hall–Kier alpha value is -1.59. The largest absolute Gasteiger partial charge is 0.479 e. The monoisotopic (exact) mass is 297 g/mol. The Labute approximate surface area is 121 Å². The quantitative estimate of drug-likeness (QED) is 0.871. The number of amides is 1. The molecule has 1 heterocycles. The number of carbonyl (C=O) groups is 2. The number of hydrogen-bond acceptors (Lipinski definition) is 3. The molecule has 5 nitrogen and oxygen atoms in total. The van der Waals surface area contributed by atoms with Gasteiger partial charge in [-0.1, -0.05) is 11.6 Å². The summed E-state index contributed by atoms with van der Waals surface area (Å²) in [5.41, 5.74) is -0.378. The van der Waals surface area contributed by atoms with Crippen LogP contribution in [0.3, 0.4) is 0 Å². The van der Waals surface area contributed by atoms with E-state index in [2.05, 4.69) is 0 Å². The average Bonchev–Trinajstić information content (AvgIpc) is 2.42. The third kappa shape index (κ3) is 2.78. The smallest absolute Gasteiger partial charge is 0.335 e. The van der Waals surface area contributed by atoms with Crippen LogP contribution < -0.4 is 0 Å². The number of piperidine rings is 1. The maximum atomic E-state index is 12.3. The van der Waals surface area contributed by atoms with Crippen molar-refractivity contribution in [2.24, 2.45) is 0 Å². The van der Waals surface area contributed by atoms with Crippen LogP contribution in [0.15, 0.2) is 18.2 Å². The number of carboxylic acids is 1. The molecule has 0 aromatic heterocycles. The van der Waals surface area contributed by atoms with Crippen molar-refractivity contribution in [3.63, 3.8) is 0 Å². The molecule has 0 saturated carbocycles. The number of aryl methyl sites for hydroxylation is 1. The van der Waals surface area contributed by atoms with Crippen LogP contribution in [0.2, 0.25) is 5.02 Å². The summed E-state index contributed by atoms with van der Waals surface area (Å²) in [6.45, 7) is 2.27. The summed E-state index contributed by atoms with van der Waals surface area (Å²) in [4.78, 5) is 24.8. The number of hydrogen-bond donors (Lipinski definition) is 2. The lowest BCUT2D eigenvalue weighted by Crippen LogP contribution is -2.50. The molecule has 0 bridgehead atoms. The predicted octanol–water partition coefficient (Wildman–Crippen LogP) is 1.70. The van der Waals surface area contributed by atoms with Crippen LogP contribution in [0.5, 0.6) is 0 Å². The summed E-state index contributed by atoms with van der Waals surface area (Å²) in [5.74, 6) is -1.40. The topological polar surface area (TPSA) is 77.8 Å². The van der Waals surface area contributed by atoms with E-state index in [1.54, 1.807) is 23.1 Å². The van der Waals surface area contributed by atoms with Crippen molar-refractivity contribution in [3.8, 4) is 0 Å². The molecule has 1 aromatic rings. The van der Waals surface area contributed by atoms with Gasteiger partial charge in [0.1, 0.15) is 0 Å². The summed E-state index contributed by atoms with van der Waals surface area (Å²) >= 11 is 5.92. The highest BCUT2D eigenvalue weighted by Crippen LogP contribution is 2.24. The van der Waals surface area contributed by atoms with Crippen LogP contribution in [-0.2, 0) is 4.79 Å². The van der Waals surface area contributed by atoms with Crippen molar-refractivity contribution >= 4 is 23.5 Å². The van der Waals surface area contributed by atoms with Gasteiger partial charge in [0, 0.05) is 36.5 Å². The Morgan fingerprint density at radius 1 is 1.30 bits per heavy atom. The molecule has 0 radical (unpaired) electrons. The number of likely N-dealkylation sites (tertiary alicyclic amines) is 1. The molecule has 20 heavy (non-hydrogen) atoms. The number of halogens is 1. The molecule has 0 spiro atoms. The van der Waals surface area contributed by atoms with Crippen molar-refractivity contribution in [1.82, 2.24) is 4.90 Å². The van der Waals surface area contributed by atoms with Crippen molar-refractivity contribution in [1.29, 1.82) is 0 Å². The van der Waals surface area contributed by atoms with Crippen LogP contribution in [0, 0.1) is 6.92 Å². The number of rotatable bonds is 2. The predicted molar refractivity (Wildman–Crippen MR) is 73.9 cm³/mol. The maximum Gasteiger partial charge on any atom is 0.335 e. The van der Waals surface area contributed by atoms with Crippen LogP contribution >= 0.6 is 11.6 Å². The molecule has 108 valence electrons. The Morgan fingerprint density at radius 2 is 1.90 bits per heavy atom. The zero-order chi connectivity index (χ0) is 14.9. The van der Waals surface area contributed by atoms with Gasteiger partial charge in [0.05, 0.1) is 0 Å². The molecular formula is C14H16ClNO4. The summed E-state index contributed by atoms with van der Waals surface area (Å²) in [6, 6.07) is 5.03. The van der Waals surface area contributed by atoms with E-state index in [1.165, 1.54) is 0 Å². The molecule has 1 aliphatic heterocycles. The lowest BCUT2D eigenvalue weighted by atomic mass is 9.91. The van der Waals surface area contributed by atoms with Gasteiger partial charge in [-0.2, -0.15) is 0 Å². The van der Waals surface area contributed by atoms with E-state index in [0.717, 1.165) is 5.56 Å². The molecule has 2 N–H and O–H groups in total.